The first kappa shape index (κ1) is 19.1. The third kappa shape index (κ3) is 3.85. The van der Waals surface area contributed by atoms with Gasteiger partial charge in [-0.15, -0.1) is 0 Å². The van der Waals surface area contributed by atoms with Crippen molar-refractivity contribution in [1.29, 1.82) is 0 Å². The van der Waals surface area contributed by atoms with Crippen LogP contribution >= 0.6 is 0 Å². The summed E-state index contributed by atoms with van der Waals surface area (Å²) >= 11 is 0. The molecule has 2 aliphatic heterocycles. The Kier molecular flexibility index (Phi) is 5.29. The molecule has 4 rings (SSSR count). The van der Waals surface area contributed by atoms with E-state index in [2.05, 4.69) is 6.07 Å². The smallest absolute Gasteiger partial charge is 0.339 e. The number of ether oxygens (including phenoxy) is 4. The van der Waals surface area contributed by atoms with E-state index in [1.54, 1.807) is 17.9 Å². The van der Waals surface area contributed by atoms with Gasteiger partial charge in [-0.25, -0.2) is 4.79 Å². The number of carbonyl (C=O) groups excluding carboxylic acids is 2. The normalized spacial score (nSPS) is 15.9. The number of hydrogen-bond donors (Lipinski definition) is 0. The molecule has 7 heteroatoms. The summed E-state index contributed by atoms with van der Waals surface area (Å²) in [6, 6.07) is 11.1. The van der Waals surface area contributed by atoms with Crippen LogP contribution in [-0.2, 0) is 22.5 Å². The number of nitrogens with zero attached hydrogens (tertiary/aromatic N) is 1. The number of benzene rings is 2. The van der Waals surface area contributed by atoms with E-state index in [-0.39, 0.29) is 11.5 Å². The molecule has 0 unspecified atom stereocenters. The highest BCUT2D eigenvalue weighted by Gasteiger charge is 2.28. The summed E-state index contributed by atoms with van der Waals surface area (Å²) in [6.45, 7) is 3.53. The Morgan fingerprint density at radius 1 is 1.10 bits per heavy atom. The Labute approximate surface area is 169 Å². The maximum atomic E-state index is 12.8. The molecule has 2 aromatic carbocycles. The molecule has 0 fully saturated rings. The molecule has 0 bridgehead atoms. The van der Waals surface area contributed by atoms with Crippen molar-refractivity contribution in [1.82, 2.24) is 4.90 Å². The first-order valence-electron chi connectivity index (χ1n) is 9.61. The van der Waals surface area contributed by atoms with Gasteiger partial charge in [0.05, 0.1) is 12.7 Å². The molecule has 0 spiro atoms. The molecule has 2 aliphatic rings. The number of carbonyl (C=O) groups is 2. The van der Waals surface area contributed by atoms with Crippen molar-refractivity contribution in [3.63, 3.8) is 0 Å². The topological polar surface area (TPSA) is 74.3 Å². The zero-order valence-electron chi connectivity index (χ0n) is 16.5. The summed E-state index contributed by atoms with van der Waals surface area (Å²) in [7, 11) is 1.49. The third-order valence-corrected chi connectivity index (χ3v) is 5.14. The molecule has 1 atom stereocenters. The van der Waals surface area contributed by atoms with Crippen molar-refractivity contribution in [3.8, 4) is 17.2 Å². The zero-order chi connectivity index (χ0) is 20.4. The monoisotopic (exact) mass is 397 g/mol. The van der Waals surface area contributed by atoms with Gasteiger partial charge in [-0.05, 0) is 36.6 Å². The average molecular weight is 397 g/mol. The van der Waals surface area contributed by atoms with Gasteiger partial charge in [0.1, 0.15) is 13.2 Å². The Bertz CT molecular complexity index is 924. The van der Waals surface area contributed by atoms with Crippen LogP contribution in [0.5, 0.6) is 17.2 Å². The van der Waals surface area contributed by atoms with Gasteiger partial charge in [-0.2, -0.15) is 0 Å². The van der Waals surface area contributed by atoms with Crippen molar-refractivity contribution in [2.24, 2.45) is 0 Å². The molecular weight excluding hydrogens is 374 g/mol. The van der Waals surface area contributed by atoms with Gasteiger partial charge in [-0.1, -0.05) is 24.3 Å². The van der Waals surface area contributed by atoms with Crippen molar-refractivity contribution >= 4 is 11.9 Å². The molecule has 1 amide bonds. The fourth-order valence-electron chi connectivity index (χ4n) is 3.61. The van der Waals surface area contributed by atoms with E-state index < -0.39 is 12.1 Å². The highest BCUT2D eigenvalue weighted by molar-refractivity contribution is 5.93. The zero-order valence-corrected chi connectivity index (χ0v) is 16.5. The Balaban J connectivity index is 1.45. The van der Waals surface area contributed by atoms with Crippen molar-refractivity contribution in [3.05, 3.63) is 53.1 Å². The van der Waals surface area contributed by atoms with Crippen LogP contribution in [0.3, 0.4) is 0 Å². The maximum Gasteiger partial charge on any atom is 0.339 e. The summed E-state index contributed by atoms with van der Waals surface area (Å²) in [6.07, 6.45) is -0.103. The average Bonchev–Trinajstić information content (AvgIpc) is 2.77. The third-order valence-electron chi connectivity index (χ3n) is 5.14. The number of fused-ring (bicyclic) bond motifs is 2. The Morgan fingerprint density at radius 2 is 1.86 bits per heavy atom. The predicted molar refractivity (Wildman–Crippen MR) is 104 cm³/mol. The van der Waals surface area contributed by atoms with E-state index in [1.165, 1.54) is 18.7 Å². The molecule has 29 heavy (non-hydrogen) atoms. The largest absolute Gasteiger partial charge is 0.493 e. The summed E-state index contributed by atoms with van der Waals surface area (Å²) < 4.78 is 21.8. The highest BCUT2D eigenvalue weighted by Crippen LogP contribution is 2.40. The minimum Gasteiger partial charge on any atom is -0.493 e. The van der Waals surface area contributed by atoms with Gasteiger partial charge in [0.2, 0.25) is 5.75 Å². The second-order valence-corrected chi connectivity index (χ2v) is 7.03. The molecule has 0 aliphatic carbocycles. The van der Waals surface area contributed by atoms with Crippen LogP contribution in [0.1, 0.15) is 28.4 Å². The standard InChI is InChI=1S/C22H23NO6/c1-14(21(24)23-8-7-15-5-3-4-6-16(15)13-23)29-22(25)17-11-18(26-2)20-19(12-17)27-9-10-28-20/h3-6,11-12,14H,7-10,13H2,1-2H3/t14-/m0/s1. The number of rotatable bonds is 4. The first-order valence-corrected chi connectivity index (χ1v) is 9.61. The number of esters is 1. The quantitative estimate of drug-likeness (QED) is 0.739. The molecule has 2 heterocycles. The lowest BCUT2D eigenvalue weighted by Gasteiger charge is -2.30. The fraction of sp³-hybridized carbons (Fsp3) is 0.364. The van der Waals surface area contributed by atoms with Gasteiger partial charge < -0.3 is 23.8 Å². The van der Waals surface area contributed by atoms with E-state index in [0.717, 1.165) is 12.0 Å². The van der Waals surface area contributed by atoms with Crippen LogP contribution in [0, 0.1) is 0 Å². The molecule has 0 saturated heterocycles. The van der Waals surface area contributed by atoms with Gasteiger partial charge >= 0.3 is 5.97 Å². The Morgan fingerprint density at radius 3 is 2.66 bits per heavy atom. The van der Waals surface area contributed by atoms with E-state index >= 15 is 0 Å². The highest BCUT2D eigenvalue weighted by atomic mass is 16.6. The predicted octanol–water partition coefficient (Wildman–Crippen LogP) is 2.60. The van der Waals surface area contributed by atoms with Crippen molar-refractivity contribution in [2.45, 2.75) is 26.0 Å². The van der Waals surface area contributed by atoms with Gasteiger partial charge in [0.25, 0.3) is 5.91 Å². The molecule has 0 N–H and O–H groups in total. The summed E-state index contributed by atoms with van der Waals surface area (Å²) in [4.78, 5) is 27.2. The lowest BCUT2D eigenvalue weighted by molar-refractivity contribution is -0.140. The summed E-state index contributed by atoms with van der Waals surface area (Å²) in [5.41, 5.74) is 2.63. The van der Waals surface area contributed by atoms with Gasteiger partial charge in [0.15, 0.2) is 17.6 Å². The van der Waals surface area contributed by atoms with Gasteiger partial charge in [0, 0.05) is 13.1 Å². The van der Waals surface area contributed by atoms with Crippen LogP contribution in [0.4, 0.5) is 0 Å². The lowest BCUT2D eigenvalue weighted by atomic mass is 9.99. The molecular formula is C22H23NO6. The van der Waals surface area contributed by atoms with Crippen LogP contribution in [0.15, 0.2) is 36.4 Å². The van der Waals surface area contributed by atoms with Crippen molar-refractivity contribution < 1.29 is 28.5 Å². The number of methoxy groups -OCH3 is 1. The van der Waals surface area contributed by atoms with E-state index in [1.807, 2.05) is 18.2 Å². The first-order chi connectivity index (χ1) is 14.1. The van der Waals surface area contributed by atoms with Crippen LogP contribution < -0.4 is 14.2 Å². The molecule has 7 nitrogen and oxygen atoms in total. The number of amides is 1. The molecule has 0 saturated carbocycles. The van der Waals surface area contributed by atoms with Crippen LogP contribution in [0.25, 0.3) is 0 Å². The maximum absolute atomic E-state index is 12.8. The fourth-order valence-corrected chi connectivity index (χ4v) is 3.61. The minimum absolute atomic E-state index is 0.211. The second-order valence-electron chi connectivity index (χ2n) is 7.03. The van der Waals surface area contributed by atoms with E-state index in [9.17, 15) is 9.59 Å². The molecule has 152 valence electrons. The molecule has 0 aromatic heterocycles. The SMILES string of the molecule is COc1cc(C(=O)O[C@@H](C)C(=O)N2CCc3ccccc3C2)cc2c1OCCO2. The minimum atomic E-state index is -0.896. The van der Waals surface area contributed by atoms with Gasteiger partial charge in [-0.3, -0.25) is 4.79 Å². The number of hydrogen-bond acceptors (Lipinski definition) is 6. The van der Waals surface area contributed by atoms with E-state index in [0.29, 0.717) is 43.6 Å². The lowest BCUT2D eigenvalue weighted by Crippen LogP contribution is -2.42. The summed E-state index contributed by atoms with van der Waals surface area (Å²) in [5, 5.41) is 0. The van der Waals surface area contributed by atoms with Crippen LogP contribution in [-0.4, -0.2) is 49.7 Å². The van der Waals surface area contributed by atoms with E-state index in [4.69, 9.17) is 18.9 Å². The van der Waals surface area contributed by atoms with Crippen molar-refractivity contribution in [2.75, 3.05) is 26.9 Å². The second kappa shape index (κ2) is 8.03. The summed E-state index contributed by atoms with van der Waals surface area (Å²) in [5.74, 6) is 0.456. The van der Waals surface area contributed by atoms with Crippen LogP contribution in [0.2, 0.25) is 0 Å². The molecule has 2 aromatic rings. The Hall–Kier alpha value is -3.22. The molecule has 0 radical (unpaired) electrons.